The molecule has 0 aliphatic heterocycles. The van der Waals surface area contributed by atoms with Crippen LogP contribution in [0.1, 0.15) is 0 Å². The van der Waals surface area contributed by atoms with E-state index in [1.807, 2.05) is 152 Å². The second-order valence-electron chi connectivity index (χ2n) is 19.1. The molecule has 0 fully saturated rings. The molecule has 9 aromatic carbocycles. The number of hydrogen-bond acceptors (Lipinski definition) is 9. The molecule has 394 valence electrons. The molecule has 0 saturated carbocycles. The van der Waals surface area contributed by atoms with Crippen LogP contribution in [0.5, 0.6) is 11.5 Å². The third-order valence-corrected chi connectivity index (χ3v) is 14.0. The Labute approximate surface area is 507 Å². The van der Waals surface area contributed by atoms with E-state index in [2.05, 4.69) is 118 Å². The first-order valence-electron chi connectivity index (χ1n) is 26.3. The number of hydrogen-bond donors (Lipinski definition) is 0. The van der Waals surface area contributed by atoms with Crippen molar-refractivity contribution in [1.82, 2.24) is 39.9 Å². The van der Waals surface area contributed by atoms with E-state index >= 15 is 0 Å². The van der Waals surface area contributed by atoms with Crippen LogP contribution < -0.4 is 4.74 Å². The van der Waals surface area contributed by atoms with E-state index in [-0.39, 0.29) is 41.2 Å². The Morgan fingerprint density at radius 3 is 1.36 bits per heavy atom. The Bertz CT molecular complexity index is 4440. The van der Waals surface area contributed by atoms with Gasteiger partial charge in [0.05, 0.1) is 11.0 Å². The maximum Gasteiger partial charge on any atom is 3.00 e. The number of fused-ring (bicyclic) bond motifs is 2. The van der Waals surface area contributed by atoms with Crippen molar-refractivity contribution in [2.24, 2.45) is 0 Å². The van der Waals surface area contributed by atoms with E-state index in [9.17, 15) is 0 Å². The summed E-state index contributed by atoms with van der Waals surface area (Å²) in [6.07, 6.45) is 5.14. The van der Waals surface area contributed by atoms with Gasteiger partial charge >= 0.3 is 41.2 Å². The zero-order valence-electron chi connectivity index (χ0n) is 43.8. The summed E-state index contributed by atoms with van der Waals surface area (Å²) in [5.41, 5.74) is 14.9. The molecule has 5 heterocycles. The van der Waals surface area contributed by atoms with Crippen molar-refractivity contribution in [2.45, 2.75) is 0 Å². The largest absolute Gasteiger partial charge is 3.00 e. The van der Waals surface area contributed by atoms with Gasteiger partial charge in [0.15, 0.2) is 17.5 Å². The SMILES string of the molecule is [Ir+3].[Pt+2].[c-]1cc(-c2ccccc2-c2nc(-c3ccccc3-c3c[c-]c(-c4ccc5ccccc5n4)cc3)nc(-c3ccccc3-c3c[c-]c(-c4ccc5ccccc5n4)cc3)n2)c(Oc2[c-]c(-c3ccccn3)ccc2)[c-]c1-c1ncccn1. The molecule has 11 heteroatoms. The molecule has 0 atom stereocenters. The van der Waals surface area contributed by atoms with Gasteiger partial charge in [0.1, 0.15) is 0 Å². The van der Waals surface area contributed by atoms with Crippen LogP contribution in [0.25, 0.3) is 135 Å². The van der Waals surface area contributed by atoms with Gasteiger partial charge in [0.25, 0.3) is 0 Å². The van der Waals surface area contributed by atoms with Crippen molar-refractivity contribution in [1.29, 1.82) is 0 Å². The number of aromatic nitrogens is 8. The fraction of sp³-hybridized carbons (Fsp3) is 0. The molecule has 83 heavy (non-hydrogen) atoms. The second-order valence-corrected chi connectivity index (χ2v) is 19.1. The van der Waals surface area contributed by atoms with Crippen LogP contribution in [0.4, 0.5) is 0 Å². The summed E-state index contributed by atoms with van der Waals surface area (Å²) in [4.78, 5) is 39.7. The van der Waals surface area contributed by atoms with Crippen molar-refractivity contribution in [2.75, 3.05) is 0 Å². The Morgan fingerprint density at radius 2 is 0.819 bits per heavy atom. The molecule has 14 rings (SSSR count). The van der Waals surface area contributed by atoms with Crippen LogP contribution in [-0.4, -0.2) is 39.9 Å². The first kappa shape index (κ1) is 53.8. The summed E-state index contributed by atoms with van der Waals surface area (Å²) < 4.78 is 6.82. The van der Waals surface area contributed by atoms with E-state index < -0.39 is 0 Å². The number of pyridine rings is 3. The van der Waals surface area contributed by atoms with Gasteiger partial charge in [0, 0.05) is 41.0 Å². The minimum Gasteiger partial charge on any atom is -0.515 e. The summed E-state index contributed by atoms with van der Waals surface area (Å²) in [6, 6.07) is 93.8. The number of benzene rings is 9. The van der Waals surface area contributed by atoms with E-state index in [1.165, 1.54) is 0 Å². The fourth-order valence-corrected chi connectivity index (χ4v) is 9.99. The Balaban J connectivity index is 0.00000340. The Kier molecular flexibility index (Phi) is 15.6. The van der Waals surface area contributed by atoms with Gasteiger partial charge in [-0.05, 0) is 74.8 Å². The summed E-state index contributed by atoms with van der Waals surface area (Å²) >= 11 is 0. The smallest absolute Gasteiger partial charge is 0.515 e. The number of ether oxygens (including phenoxy) is 1. The van der Waals surface area contributed by atoms with Crippen molar-refractivity contribution in [3.63, 3.8) is 0 Å². The zero-order chi connectivity index (χ0) is 53.9. The minimum atomic E-state index is 0. The molecule has 0 saturated heterocycles. The minimum absolute atomic E-state index is 0. The number of nitrogens with zero attached hydrogens (tertiary/aromatic N) is 8. The van der Waals surface area contributed by atoms with Crippen molar-refractivity contribution in [3.8, 4) is 124 Å². The second kappa shape index (κ2) is 24.1. The van der Waals surface area contributed by atoms with Gasteiger partial charge < -0.3 is 19.7 Å². The number of para-hydroxylation sites is 2. The summed E-state index contributed by atoms with van der Waals surface area (Å²) in [5, 5.41) is 2.17. The van der Waals surface area contributed by atoms with Crippen molar-refractivity contribution < 1.29 is 45.9 Å². The molecule has 0 spiro atoms. The quantitative estimate of drug-likeness (QED) is 0.110. The molecule has 0 bridgehead atoms. The molecule has 0 aliphatic carbocycles. The molecule has 5 aromatic heterocycles. The predicted octanol–water partition coefficient (Wildman–Crippen LogP) is 16.6. The fourth-order valence-electron chi connectivity index (χ4n) is 9.99. The molecule has 14 aromatic rings. The van der Waals surface area contributed by atoms with Crippen LogP contribution in [0, 0.1) is 30.3 Å². The summed E-state index contributed by atoms with van der Waals surface area (Å²) in [6.45, 7) is 0. The van der Waals surface area contributed by atoms with Crippen molar-refractivity contribution in [3.05, 3.63) is 279 Å². The van der Waals surface area contributed by atoms with Gasteiger partial charge in [-0.1, -0.05) is 168 Å². The molecule has 0 unspecified atom stereocenters. The predicted molar refractivity (Wildman–Crippen MR) is 319 cm³/mol. The normalized spacial score (nSPS) is 10.9. The van der Waals surface area contributed by atoms with E-state index in [0.29, 0.717) is 45.9 Å². The van der Waals surface area contributed by atoms with Gasteiger partial charge in [-0.15, -0.1) is 89.0 Å². The first-order valence-corrected chi connectivity index (χ1v) is 26.3. The van der Waals surface area contributed by atoms with E-state index in [4.69, 9.17) is 29.7 Å². The van der Waals surface area contributed by atoms with Crippen molar-refractivity contribution >= 4 is 21.8 Å². The maximum atomic E-state index is 6.82. The summed E-state index contributed by atoms with van der Waals surface area (Å²) in [7, 11) is 0. The molecule has 9 nitrogen and oxygen atoms in total. The summed E-state index contributed by atoms with van der Waals surface area (Å²) in [5.74, 6) is 2.72. The molecule has 0 amide bonds. The van der Waals surface area contributed by atoms with Crippen LogP contribution in [-0.2, 0) is 41.2 Å². The zero-order valence-corrected chi connectivity index (χ0v) is 48.5. The van der Waals surface area contributed by atoms with Crippen LogP contribution >= 0.6 is 0 Å². The average Bonchev–Trinajstić information content (AvgIpc) is 3.70. The van der Waals surface area contributed by atoms with Crippen LogP contribution in [0.3, 0.4) is 0 Å². The molecular weight excluding hydrogens is 1380 g/mol. The van der Waals surface area contributed by atoms with E-state index in [1.54, 1.807) is 24.7 Å². The molecule has 0 aliphatic rings. The van der Waals surface area contributed by atoms with Gasteiger partial charge in [-0.3, -0.25) is 16.0 Å². The van der Waals surface area contributed by atoms with E-state index in [0.717, 1.165) is 100 Å². The molecular formula is C72H41IrN8OPt. The standard InChI is InChI=1S/C72H41N8O.Ir.Pt/c1-9-26-64-49(15-1)37-40-66(76-64)51-32-28-47(29-33-51)56-19-3-6-22-60(56)70-78-71(61-23-7-4-20-57(61)48-30-34-52(35-31-48)67-41-38-50-16-2-10-27-65(50)77-67)80-72(79-70)62-24-8-5-21-58(62)59-39-36-54(69-74-43-14-44-75-69)46-68(59)81-55-18-13-17-53(45-55)63-25-11-12-42-73-63;;/h1-32,34,37-44H;;/q-5;+3;+2. The monoisotopic (exact) mass is 1420 g/mol. The number of rotatable bonds is 12. The maximum absolute atomic E-state index is 6.82. The average molecular weight is 1420 g/mol. The Morgan fingerprint density at radius 1 is 0.313 bits per heavy atom. The first-order chi connectivity index (χ1) is 40.1. The Hall–Kier alpha value is -9.82. The van der Waals surface area contributed by atoms with Crippen LogP contribution in [0.2, 0.25) is 0 Å². The topological polar surface area (TPSA) is 112 Å². The third-order valence-electron chi connectivity index (χ3n) is 14.0. The van der Waals surface area contributed by atoms with Gasteiger partial charge in [0.2, 0.25) is 0 Å². The van der Waals surface area contributed by atoms with Gasteiger partial charge in [-0.2, -0.15) is 0 Å². The third kappa shape index (κ3) is 11.2. The molecule has 0 N–H and O–H groups in total. The van der Waals surface area contributed by atoms with Crippen LogP contribution in [0.15, 0.2) is 249 Å². The molecule has 0 radical (unpaired) electrons. The van der Waals surface area contributed by atoms with Gasteiger partial charge in [-0.25, -0.2) is 32.6 Å².